The molecule has 4 rings (SSSR count). The van der Waals surface area contributed by atoms with Gasteiger partial charge in [0.25, 0.3) is 0 Å². The summed E-state index contributed by atoms with van der Waals surface area (Å²) in [5, 5.41) is 2.61. The fourth-order valence-corrected chi connectivity index (χ4v) is 4.81. The van der Waals surface area contributed by atoms with Gasteiger partial charge in [0.2, 0.25) is 0 Å². The minimum Gasteiger partial charge on any atom is -0.465 e. The number of anilines is 1. The Morgan fingerprint density at radius 3 is 2.39 bits per heavy atom. The lowest BCUT2D eigenvalue weighted by Gasteiger charge is -2.19. The van der Waals surface area contributed by atoms with Gasteiger partial charge in [0.1, 0.15) is 5.57 Å². The van der Waals surface area contributed by atoms with Gasteiger partial charge in [-0.05, 0) is 48.4 Å². The van der Waals surface area contributed by atoms with E-state index < -0.39 is 5.97 Å². The summed E-state index contributed by atoms with van der Waals surface area (Å²) in [6.07, 6.45) is 1.56. The van der Waals surface area contributed by atoms with Crippen LogP contribution >= 0.6 is 11.3 Å². The van der Waals surface area contributed by atoms with E-state index in [0.717, 1.165) is 17.8 Å². The van der Waals surface area contributed by atoms with Crippen molar-refractivity contribution in [2.75, 3.05) is 19.1 Å². The molecule has 0 N–H and O–H groups in total. The Balaban J connectivity index is 1.53. The lowest BCUT2D eigenvalue weighted by molar-refractivity contribution is -0.137. The smallest absolute Gasteiger partial charge is 0.341 e. The van der Waals surface area contributed by atoms with Crippen molar-refractivity contribution in [3.63, 3.8) is 0 Å². The second-order valence-corrected chi connectivity index (χ2v) is 8.57. The van der Waals surface area contributed by atoms with Gasteiger partial charge < -0.3 is 9.64 Å². The van der Waals surface area contributed by atoms with Gasteiger partial charge in [-0.3, -0.25) is 4.79 Å². The van der Waals surface area contributed by atoms with Crippen LogP contribution < -0.4 is 4.90 Å². The molecule has 0 spiro atoms. The summed E-state index contributed by atoms with van der Waals surface area (Å²) in [6, 6.07) is 22.9. The third-order valence-electron chi connectivity index (χ3n) is 5.29. The Hall–Kier alpha value is -3.44. The maximum Gasteiger partial charge on any atom is 0.341 e. The molecule has 0 unspecified atom stereocenters. The first kappa shape index (κ1) is 20.8. The number of carbonyl (C=O) groups excluding carboxylic acids is 2. The van der Waals surface area contributed by atoms with Crippen LogP contribution in [0.2, 0.25) is 0 Å². The number of benzene rings is 3. The van der Waals surface area contributed by atoms with E-state index in [-0.39, 0.29) is 11.4 Å². The summed E-state index contributed by atoms with van der Waals surface area (Å²) < 4.78 is 7.30. The zero-order valence-corrected chi connectivity index (χ0v) is 18.5. The Kier molecular flexibility index (Phi) is 5.87. The summed E-state index contributed by atoms with van der Waals surface area (Å²) in [4.78, 5) is 25.6. The number of esters is 1. The number of ketones is 1. The molecule has 156 valence electrons. The van der Waals surface area contributed by atoms with Crippen LogP contribution in [-0.2, 0) is 20.9 Å². The molecular weight excluding hydrogens is 406 g/mol. The normalized spacial score (nSPS) is 11.6. The van der Waals surface area contributed by atoms with Crippen molar-refractivity contribution < 1.29 is 14.3 Å². The highest BCUT2D eigenvalue weighted by molar-refractivity contribution is 7.25. The molecule has 4 nitrogen and oxygen atoms in total. The largest absolute Gasteiger partial charge is 0.465 e. The molecule has 0 amide bonds. The van der Waals surface area contributed by atoms with Gasteiger partial charge in [-0.25, -0.2) is 4.79 Å². The number of fused-ring (bicyclic) bond motifs is 3. The maximum absolute atomic E-state index is 11.8. The van der Waals surface area contributed by atoms with Crippen molar-refractivity contribution >= 4 is 55.0 Å². The van der Waals surface area contributed by atoms with Gasteiger partial charge in [0, 0.05) is 39.5 Å². The average molecular weight is 430 g/mol. The molecule has 1 heterocycles. The highest BCUT2D eigenvalue weighted by Crippen LogP contribution is 2.34. The van der Waals surface area contributed by atoms with E-state index in [9.17, 15) is 9.59 Å². The molecule has 1 aromatic heterocycles. The number of Topliss-reactive ketones (excluding diaryl/α,β-unsaturated/α-hetero) is 1. The first-order valence-electron chi connectivity index (χ1n) is 9.98. The first-order chi connectivity index (χ1) is 15.0. The molecule has 0 radical (unpaired) electrons. The SMILES string of the molecule is COC(=O)/C(=C/c1ccc(N(C)Cc2ccc3c(c2)sc2ccccc23)cc1)C(C)=O. The predicted octanol–water partition coefficient (Wildman–Crippen LogP) is 5.84. The molecule has 0 aliphatic carbocycles. The second-order valence-electron chi connectivity index (χ2n) is 7.48. The van der Waals surface area contributed by atoms with Gasteiger partial charge in [0.15, 0.2) is 5.78 Å². The number of nitrogens with zero attached hydrogens (tertiary/aromatic N) is 1. The van der Waals surface area contributed by atoms with Crippen molar-refractivity contribution in [1.29, 1.82) is 0 Å². The molecule has 31 heavy (non-hydrogen) atoms. The van der Waals surface area contributed by atoms with E-state index in [1.807, 2.05) is 35.6 Å². The Bertz CT molecular complexity index is 1300. The van der Waals surface area contributed by atoms with E-state index in [0.29, 0.717) is 0 Å². The van der Waals surface area contributed by atoms with Gasteiger partial charge in [-0.1, -0.05) is 42.5 Å². The van der Waals surface area contributed by atoms with E-state index in [1.165, 1.54) is 39.8 Å². The molecule has 0 aliphatic rings. The number of rotatable bonds is 6. The summed E-state index contributed by atoms with van der Waals surface area (Å²) in [5.74, 6) is -0.935. The van der Waals surface area contributed by atoms with Crippen molar-refractivity contribution in [2.45, 2.75) is 13.5 Å². The highest BCUT2D eigenvalue weighted by Gasteiger charge is 2.14. The van der Waals surface area contributed by atoms with Crippen molar-refractivity contribution in [3.05, 3.63) is 83.4 Å². The number of ether oxygens (including phenoxy) is 1. The van der Waals surface area contributed by atoms with Crippen molar-refractivity contribution in [3.8, 4) is 0 Å². The minimum atomic E-state index is -0.620. The Labute approximate surface area is 185 Å². The van der Waals surface area contributed by atoms with E-state index in [1.54, 1.807) is 6.08 Å². The summed E-state index contributed by atoms with van der Waals surface area (Å²) in [6.45, 7) is 2.14. The van der Waals surface area contributed by atoms with Gasteiger partial charge >= 0.3 is 5.97 Å². The first-order valence-corrected chi connectivity index (χ1v) is 10.8. The highest BCUT2D eigenvalue weighted by atomic mass is 32.1. The van der Waals surface area contributed by atoms with Crippen LogP contribution in [0, 0.1) is 0 Å². The molecule has 0 atom stereocenters. The lowest BCUT2D eigenvalue weighted by Crippen LogP contribution is -2.16. The molecule has 0 fully saturated rings. The molecular formula is C26H23NO3S. The topological polar surface area (TPSA) is 46.6 Å². The quantitative estimate of drug-likeness (QED) is 0.167. The molecule has 0 saturated carbocycles. The van der Waals surface area contributed by atoms with Crippen molar-refractivity contribution in [2.24, 2.45) is 0 Å². The fraction of sp³-hybridized carbons (Fsp3) is 0.154. The number of hydrogen-bond acceptors (Lipinski definition) is 5. The number of hydrogen-bond donors (Lipinski definition) is 0. The average Bonchev–Trinajstić information content (AvgIpc) is 3.14. The van der Waals surface area contributed by atoms with Crippen LogP contribution in [0.5, 0.6) is 0 Å². The third kappa shape index (κ3) is 4.37. The summed E-state index contributed by atoms with van der Waals surface area (Å²) >= 11 is 1.82. The number of thiophene rings is 1. The third-order valence-corrected chi connectivity index (χ3v) is 6.43. The molecule has 4 aromatic rings. The lowest BCUT2D eigenvalue weighted by atomic mass is 10.1. The standard InChI is InChI=1S/C26H23NO3S/c1-17(28)23(26(29)30-3)14-18-8-11-20(12-9-18)27(2)16-19-10-13-22-21-6-4-5-7-24(21)31-25(22)15-19/h4-15H,16H2,1-3H3/b23-14+. The van der Waals surface area contributed by atoms with Crippen molar-refractivity contribution in [1.82, 2.24) is 0 Å². The summed E-state index contributed by atoms with van der Waals surface area (Å²) in [7, 11) is 3.32. The minimum absolute atomic E-state index is 0.0419. The Morgan fingerprint density at radius 2 is 1.68 bits per heavy atom. The molecule has 0 bridgehead atoms. The number of carbonyl (C=O) groups is 2. The molecule has 0 saturated heterocycles. The molecule has 5 heteroatoms. The van der Waals surface area contributed by atoms with E-state index in [4.69, 9.17) is 0 Å². The van der Waals surface area contributed by atoms with Crippen LogP contribution in [0.15, 0.2) is 72.3 Å². The van der Waals surface area contributed by atoms with Crippen LogP contribution in [0.25, 0.3) is 26.2 Å². The maximum atomic E-state index is 11.8. The molecule has 3 aromatic carbocycles. The van der Waals surface area contributed by atoms with Gasteiger partial charge in [-0.15, -0.1) is 11.3 Å². The fourth-order valence-electron chi connectivity index (χ4n) is 3.64. The van der Waals surface area contributed by atoms with Gasteiger partial charge in [0.05, 0.1) is 7.11 Å². The van der Waals surface area contributed by atoms with Crippen LogP contribution in [0.4, 0.5) is 5.69 Å². The Morgan fingerprint density at radius 1 is 0.968 bits per heavy atom. The van der Waals surface area contributed by atoms with E-state index >= 15 is 0 Å². The van der Waals surface area contributed by atoms with E-state index in [2.05, 4.69) is 59.1 Å². The van der Waals surface area contributed by atoms with Crippen LogP contribution in [0.3, 0.4) is 0 Å². The summed E-state index contributed by atoms with van der Waals surface area (Å²) in [5.41, 5.74) is 3.12. The molecule has 0 aliphatic heterocycles. The number of methoxy groups -OCH3 is 1. The predicted molar refractivity (Wildman–Crippen MR) is 129 cm³/mol. The zero-order valence-electron chi connectivity index (χ0n) is 17.7. The van der Waals surface area contributed by atoms with Crippen LogP contribution in [0.1, 0.15) is 18.1 Å². The zero-order chi connectivity index (χ0) is 22.0. The second kappa shape index (κ2) is 8.74. The van der Waals surface area contributed by atoms with Gasteiger partial charge in [-0.2, -0.15) is 0 Å². The van der Waals surface area contributed by atoms with Crippen LogP contribution in [-0.4, -0.2) is 25.9 Å². The monoisotopic (exact) mass is 429 g/mol.